The van der Waals surface area contributed by atoms with E-state index in [1.807, 2.05) is 22.9 Å². The van der Waals surface area contributed by atoms with Crippen molar-refractivity contribution >= 4 is 34.7 Å². The second-order valence-corrected chi connectivity index (χ2v) is 9.27. The highest BCUT2D eigenvalue weighted by molar-refractivity contribution is 7.09. The second kappa shape index (κ2) is 9.29. The Kier molecular flexibility index (Phi) is 6.53. The normalized spacial score (nSPS) is 25.4. The molecular formula is C19H26N6O2S2. The minimum absolute atomic E-state index is 0.0583. The third-order valence-corrected chi connectivity index (χ3v) is 7.29. The molecule has 0 bridgehead atoms. The van der Waals surface area contributed by atoms with Crippen molar-refractivity contribution < 1.29 is 9.59 Å². The topological polar surface area (TPSA) is 90.5 Å². The average Bonchev–Trinajstić information content (AvgIpc) is 3.47. The van der Waals surface area contributed by atoms with E-state index >= 15 is 0 Å². The fourth-order valence-corrected chi connectivity index (χ4v) is 5.36. The van der Waals surface area contributed by atoms with Crippen LogP contribution in [-0.4, -0.2) is 69.5 Å². The van der Waals surface area contributed by atoms with Gasteiger partial charge < -0.3 is 10.6 Å². The summed E-state index contributed by atoms with van der Waals surface area (Å²) in [6.45, 7) is 2.67. The Morgan fingerprint density at radius 2 is 2.34 bits per heavy atom. The van der Waals surface area contributed by atoms with E-state index in [2.05, 4.69) is 37.1 Å². The zero-order valence-corrected chi connectivity index (χ0v) is 18.0. The number of rotatable bonds is 7. The summed E-state index contributed by atoms with van der Waals surface area (Å²) in [5.41, 5.74) is 0.911. The number of aromatic nitrogens is 2. The molecule has 4 rings (SSSR count). The molecule has 2 aromatic heterocycles. The van der Waals surface area contributed by atoms with Gasteiger partial charge in [-0.1, -0.05) is 10.6 Å². The lowest BCUT2D eigenvalue weighted by molar-refractivity contribution is -0.126. The van der Waals surface area contributed by atoms with Crippen molar-refractivity contribution in [3.05, 3.63) is 33.5 Å². The van der Waals surface area contributed by atoms with Crippen molar-refractivity contribution in [1.29, 1.82) is 0 Å². The summed E-state index contributed by atoms with van der Waals surface area (Å²) in [6.07, 6.45) is 2.13. The average molecular weight is 435 g/mol. The Balaban J connectivity index is 1.32. The van der Waals surface area contributed by atoms with Crippen LogP contribution in [0.4, 0.5) is 0 Å². The van der Waals surface area contributed by atoms with Crippen LogP contribution in [0.15, 0.2) is 22.9 Å². The molecule has 0 radical (unpaired) electrons. The third kappa shape index (κ3) is 4.82. The van der Waals surface area contributed by atoms with Crippen molar-refractivity contribution in [2.24, 2.45) is 0 Å². The van der Waals surface area contributed by atoms with Gasteiger partial charge in [-0.3, -0.25) is 19.4 Å². The Morgan fingerprint density at radius 3 is 3.10 bits per heavy atom. The SMILES string of the molecule is CN1[C@@H](CCC(=O)NCc2cccs2)CNC(=O)[C@@H]2[C@@H]1CCN2Cc1csnn1. The third-order valence-electron chi connectivity index (χ3n) is 5.86. The molecule has 4 heterocycles. The van der Waals surface area contributed by atoms with Gasteiger partial charge in [-0.25, -0.2) is 0 Å². The zero-order valence-electron chi connectivity index (χ0n) is 16.4. The lowest BCUT2D eigenvalue weighted by Gasteiger charge is -2.33. The van der Waals surface area contributed by atoms with Gasteiger partial charge in [0.1, 0.15) is 6.04 Å². The van der Waals surface area contributed by atoms with Crippen LogP contribution in [0.5, 0.6) is 0 Å². The standard InChI is InChI=1S/C19H26N6O2S2/c1-24-14(4-5-17(26)20-10-15-3-2-8-28-15)9-21-19(27)18-16(24)6-7-25(18)11-13-12-29-23-22-13/h2-3,8,12,14,16,18H,4-7,9-11H2,1H3,(H,20,26)(H,21,27)/t14-,16-,18-/m0/s1. The van der Waals surface area contributed by atoms with Crippen molar-refractivity contribution in [3.63, 3.8) is 0 Å². The summed E-state index contributed by atoms with van der Waals surface area (Å²) in [6, 6.07) is 4.14. The minimum atomic E-state index is -0.181. The molecule has 2 N–H and O–H groups in total. The number of thiophene rings is 1. The number of fused-ring (bicyclic) bond motifs is 1. The van der Waals surface area contributed by atoms with Crippen LogP contribution in [-0.2, 0) is 22.7 Å². The van der Waals surface area contributed by atoms with E-state index in [4.69, 9.17) is 0 Å². The first kappa shape index (κ1) is 20.4. The van der Waals surface area contributed by atoms with Gasteiger partial charge in [-0.2, -0.15) is 0 Å². The van der Waals surface area contributed by atoms with Gasteiger partial charge in [-0.15, -0.1) is 16.4 Å². The van der Waals surface area contributed by atoms with Gasteiger partial charge >= 0.3 is 0 Å². The molecule has 8 nitrogen and oxygen atoms in total. The van der Waals surface area contributed by atoms with Crippen molar-refractivity contribution in [2.75, 3.05) is 20.1 Å². The highest BCUT2D eigenvalue weighted by atomic mass is 32.1. The highest BCUT2D eigenvalue weighted by Gasteiger charge is 2.45. The van der Waals surface area contributed by atoms with Crippen LogP contribution < -0.4 is 10.6 Å². The number of hydrogen-bond donors (Lipinski definition) is 2. The molecule has 2 aromatic rings. The molecular weight excluding hydrogens is 408 g/mol. The van der Waals surface area contributed by atoms with Crippen molar-refractivity contribution in [1.82, 2.24) is 30.0 Å². The highest BCUT2D eigenvalue weighted by Crippen LogP contribution is 2.28. The van der Waals surface area contributed by atoms with Crippen LogP contribution in [0.2, 0.25) is 0 Å². The molecule has 0 aliphatic carbocycles. The smallest absolute Gasteiger partial charge is 0.239 e. The van der Waals surface area contributed by atoms with Crippen molar-refractivity contribution in [3.8, 4) is 0 Å². The molecule has 29 heavy (non-hydrogen) atoms. The number of carbonyl (C=O) groups is 2. The first-order chi connectivity index (χ1) is 14.1. The van der Waals surface area contributed by atoms with Gasteiger partial charge in [-0.05, 0) is 42.9 Å². The maximum absolute atomic E-state index is 12.8. The first-order valence-electron chi connectivity index (χ1n) is 9.90. The molecule has 156 valence electrons. The maximum atomic E-state index is 12.8. The Hall–Kier alpha value is -1.88. The summed E-state index contributed by atoms with van der Waals surface area (Å²) in [4.78, 5) is 30.7. The molecule has 0 unspecified atom stereocenters. The van der Waals surface area contributed by atoms with Crippen LogP contribution in [0.25, 0.3) is 0 Å². The van der Waals surface area contributed by atoms with E-state index in [1.54, 1.807) is 11.3 Å². The fourth-order valence-electron chi connectivity index (χ4n) is 4.27. The minimum Gasteiger partial charge on any atom is -0.353 e. The predicted molar refractivity (Wildman–Crippen MR) is 112 cm³/mol. The predicted octanol–water partition coefficient (Wildman–Crippen LogP) is 1.07. The molecule has 0 aromatic carbocycles. The lowest BCUT2D eigenvalue weighted by atomic mass is 10.0. The van der Waals surface area contributed by atoms with Gasteiger partial charge in [0.2, 0.25) is 11.8 Å². The van der Waals surface area contributed by atoms with E-state index in [0.717, 1.165) is 30.0 Å². The van der Waals surface area contributed by atoms with Crippen LogP contribution in [0.1, 0.15) is 29.8 Å². The first-order valence-corrected chi connectivity index (χ1v) is 11.6. The summed E-state index contributed by atoms with van der Waals surface area (Å²) in [5, 5.41) is 14.2. The number of nitrogens with zero attached hydrogens (tertiary/aromatic N) is 4. The van der Waals surface area contributed by atoms with Gasteiger partial charge in [0, 0.05) is 48.4 Å². The van der Waals surface area contributed by atoms with Gasteiger partial charge in [0.15, 0.2) is 0 Å². The van der Waals surface area contributed by atoms with Gasteiger partial charge in [0.25, 0.3) is 0 Å². The Bertz CT molecular complexity index is 813. The number of amides is 2. The summed E-state index contributed by atoms with van der Waals surface area (Å²) < 4.78 is 3.92. The number of nitrogens with one attached hydrogen (secondary N) is 2. The van der Waals surface area contributed by atoms with Gasteiger partial charge in [0.05, 0.1) is 12.2 Å². The van der Waals surface area contributed by atoms with Crippen LogP contribution in [0, 0.1) is 0 Å². The molecule has 2 saturated heterocycles. The van der Waals surface area contributed by atoms with E-state index in [-0.39, 0.29) is 29.9 Å². The number of hydrogen-bond acceptors (Lipinski definition) is 8. The number of carbonyl (C=O) groups excluding carboxylic acids is 2. The Labute approximate surface area is 178 Å². The summed E-state index contributed by atoms with van der Waals surface area (Å²) >= 11 is 2.98. The van der Waals surface area contributed by atoms with E-state index in [1.165, 1.54) is 11.5 Å². The van der Waals surface area contributed by atoms with Crippen LogP contribution in [0.3, 0.4) is 0 Å². The fraction of sp³-hybridized carbons (Fsp3) is 0.579. The Morgan fingerprint density at radius 1 is 1.45 bits per heavy atom. The molecule has 0 saturated carbocycles. The molecule has 10 heteroatoms. The molecule has 2 aliphatic heterocycles. The summed E-state index contributed by atoms with van der Waals surface area (Å²) in [7, 11) is 2.08. The second-order valence-electron chi connectivity index (χ2n) is 7.63. The van der Waals surface area contributed by atoms with Crippen molar-refractivity contribution in [2.45, 2.75) is 50.5 Å². The molecule has 3 atom stereocenters. The molecule has 2 fully saturated rings. The van der Waals surface area contributed by atoms with Crippen LogP contribution >= 0.6 is 22.9 Å². The maximum Gasteiger partial charge on any atom is 0.239 e. The summed E-state index contributed by atoms with van der Waals surface area (Å²) in [5.74, 6) is 0.134. The zero-order chi connectivity index (χ0) is 20.2. The largest absolute Gasteiger partial charge is 0.353 e. The molecule has 0 spiro atoms. The van der Waals surface area contributed by atoms with E-state index in [0.29, 0.717) is 26.1 Å². The molecule has 2 amide bonds. The molecule has 2 aliphatic rings. The number of likely N-dealkylation sites (tertiary alicyclic amines) is 1. The van der Waals surface area contributed by atoms with E-state index < -0.39 is 0 Å². The monoisotopic (exact) mass is 434 g/mol. The lowest BCUT2D eigenvalue weighted by Crippen LogP contribution is -2.49. The number of likely N-dealkylation sites (N-methyl/N-ethyl adjacent to an activating group) is 1. The quantitative estimate of drug-likeness (QED) is 0.678. The van der Waals surface area contributed by atoms with E-state index in [9.17, 15) is 9.59 Å².